The number of fused-ring (bicyclic) bond motifs is 1. The quantitative estimate of drug-likeness (QED) is 0.922. The summed E-state index contributed by atoms with van der Waals surface area (Å²) < 4.78 is 23.9. The number of halogens is 2. The van der Waals surface area contributed by atoms with Crippen LogP contribution in [0.4, 0.5) is 10.1 Å². The topological polar surface area (TPSA) is 47.6 Å². The predicted octanol–water partition coefficient (Wildman–Crippen LogP) is 3.46. The van der Waals surface area contributed by atoms with Gasteiger partial charge in [0.25, 0.3) is 5.91 Å². The van der Waals surface area contributed by atoms with Crippen molar-refractivity contribution in [3.63, 3.8) is 0 Å². The van der Waals surface area contributed by atoms with E-state index >= 15 is 0 Å². The lowest BCUT2D eigenvalue weighted by Gasteiger charge is -2.07. The average Bonchev–Trinajstić information content (AvgIpc) is 2.89. The molecule has 0 atom stereocenters. The van der Waals surface area contributed by atoms with Crippen LogP contribution in [0.5, 0.6) is 11.5 Å². The van der Waals surface area contributed by atoms with Gasteiger partial charge in [-0.2, -0.15) is 0 Å². The van der Waals surface area contributed by atoms with Crippen LogP contribution in [0.2, 0.25) is 5.02 Å². The van der Waals surface area contributed by atoms with Crippen LogP contribution >= 0.6 is 11.6 Å². The van der Waals surface area contributed by atoms with Gasteiger partial charge in [0.15, 0.2) is 11.5 Å². The van der Waals surface area contributed by atoms with E-state index in [9.17, 15) is 9.18 Å². The summed E-state index contributed by atoms with van der Waals surface area (Å²) in [6.07, 6.45) is 0. The third-order valence-electron chi connectivity index (χ3n) is 2.80. The fourth-order valence-electron chi connectivity index (χ4n) is 1.84. The predicted molar refractivity (Wildman–Crippen MR) is 71.9 cm³/mol. The van der Waals surface area contributed by atoms with Gasteiger partial charge in [-0.3, -0.25) is 4.79 Å². The molecule has 6 heteroatoms. The highest BCUT2D eigenvalue weighted by Gasteiger charge is 2.16. The Morgan fingerprint density at radius 3 is 2.80 bits per heavy atom. The zero-order valence-corrected chi connectivity index (χ0v) is 10.9. The summed E-state index contributed by atoms with van der Waals surface area (Å²) >= 11 is 5.76. The highest BCUT2D eigenvalue weighted by Crippen LogP contribution is 2.34. The number of hydrogen-bond acceptors (Lipinski definition) is 3. The molecule has 0 aromatic heterocycles. The zero-order valence-electron chi connectivity index (χ0n) is 10.2. The van der Waals surface area contributed by atoms with Crippen molar-refractivity contribution in [3.8, 4) is 11.5 Å². The zero-order chi connectivity index (χ0) is 14.1. The molecular formula is C14H9ClFNO3. The van der Waals surface area contributed by atoms with Crippen LogP contribution in [0.3, 0.4) is 0 Å². The smallest absolute Gasteiger partial charge is 0.258 e. The minimum absolute atomic E-state index is 0.116. The minimum atomic E-state index is -0.632. The van der Waals surface area contributed by atoms with Crippen molar-refractivity contribution in [1.82, 2.24) is 0 Å². The Bertz CT molecular complexity index is 690. The first-order valence-corrected chi connectivity index (χ1v) is 6.17. The van der Waals surface area contributed by atoms with Crippen molar-refractivity contribution >= 4 is 23.2 Å². The second-order valence-electron chi connectivity index (χ2n) is 4.15. The third-order valence-corrected chi connectivity index (χ3v) is 3.04. The molecule has 1 amide bonds. The lowest BCUT2D eigenvalue weighted by atomic mass is 10.2. The Labute approximate surface area is 119 Å². The number of carbonyl (C=O) groups is 1. The van der Waals surface area contributed by atoms with E-state index in [1.54, 1.807) is 18.2 Å². The monoisotopic (exact) mass is 293 g/mol. The molecule has 1 heterocycles. The summed E-state index contributed by atoms with van der Waals surface area (Å²) in [4.78, 5) is 12.0. The first-order valence-electron chi connectivity index (χ1n) is 5.79. The fraction of sp³-hybridized carbons (Fsp3) is 0.0714. The Balaban J connectivity index is 1.84. The number of rotatable bonds is 2. The van der Waals surface area contributed by atoms with E-state index < -0.39 is 11.7 Å². The highest BCUT2D eigenvalue weighted by atomic mass is 35.5. The summed E-state index contributed by atoms with van der Waals surface area (Å²) in [5, 5.41) is 2.88. The lowest BCUT2D eigenvalue weighted by molar-refractivity contribution is 0.102. The third kappa shape index (κ3) is 2.40. The molecule has 4 nitrogen and oxygen atoms in total. The van der Waals surface area contributed by atoms with Crippen molar-refractivity contribution in [3.05, 3.63) is 52.8 Å². The molecular weight excluding hydrogens is 285 g/mol. The van der Waals surface area contributed by atoms with Crippen molar-refractivity contribution < 1.29 is 18.7 Å². The number of nitrogens with one attached hydrogen (secondary N) is 1. The van der Waals surface area contributed by atoms with Gasteiger partial charge in [0.2, 0.25) is 6.79 Å². The number of carbonyl (C=O) groups excluding carboxylic acids is 1. The Kier molecular flexibility index (Phi) is 3.20. The second-order valence-corrected chi connectivity index (χ2v) is 4.58. The maximum Gasteiger partial charge on any atom is 0.258 e. The molecule has 20 heavy (non-hydrogen) atoms. The van der Waals surface area contributed by atoms with Crippen LogP contribution in [-0.4, -0.2) is 12.7 Å². The number of ether oxygens (including phenoxy) is 2. The standard InChI is InChI=1S/C14H9ClFNO3/c15-8-1-3-11(16)10(5-8)14(18)17-9-2-4-12-13(6-9)20-7-19-12/h1-6H,7H2,(H,17,18). The molecule has 102 valence electrons. The minimum Gasteiger partial charge on any atom is -0.454 e. The largest absolute Gasteiger partial charge is 0.454 e. The molecule has 0 fully saturated rings. The second kappa shape index (κ2) is 5.02. The maximum absolute atomic E-state index is 13.6. The maximum atomic E-state index is 13.6. The van der Waals surface area contributed by atoms with Crippen LogP contribution in [0.15, 0.2) is 36.4 Å². The molecule has 2 aromatic carbocycles. The molecule has 1 N–H and O–H groups in total. The van der Waals surface area contributed by atoms with E-state index in [0.29, 0.717) is 22.2 Å². The number of amides is 1. The van der Waals surface area contributed by atoms with Crippen LogP contribution in [0.25, 0.3) is 0 Å². The highest BCUT2D eigenvalue weighted by molar-refractivity contribution is 6.31. The van der Waals surface area contributed by atoms with Crippen LogP contribution in [0, 0.1) is 5.82 Å². The molecule has 0 aliphatic carbocycles. The number of anilines is 1. The van der Waals surface area contributed by atoms with Gasteiger partial charge < -0.3 is 14.8 Å². The molecule has 0 spiro atoms. The molecule has 0 radical (unpaired) electrons. The summed E-state index contributed by atoms with van der Waals surface area (Å²) in [6.45, 7) is 0.148. The molecule has 2 aromatic rings. The van der Waals surface area contributed by atoms with Crippen LogP contribution < -0.4 is 14.8 Å². The molecule has 0 saturated carbocycles. The van der Waals surface area contributed by atoms with Crippen molar-refractivity contribution in [1.29, 1.82) is 0 Å². The van der Waals surface area contributed by atoms with E-state index in [4.69, 9.17) is 21.1 Å². The normalized spacial score (nSPS) is 12.3. The Morgan fingerprint density at radius 1 is 1.15 bits per heavy atom. The van der Waals surface area contributed by atoms with Gasteiger partial charge in [0, 0.05) is 16.8 Å². The van der Waals surface area contributed by atoms with Crippen molar-refractivity contribution in [2.24, 2.45) is 0 Å². The van der Waals surface area contributed by atoms with Crippen LogP contribution in [0.1, 0.15) is 10.4 Å². The van der Waals surface area contributed by atoms with Gasteiger partial charge in [0.1, 0.15) is 5.82 Å². The van der Waals surface area contributed by atoms with Gasteiger partial charge in [0.05, 0.1) is 5.56 Å². The molecule has 0 bridgehead atoms. The summed E-state index contributed by atoms with van der Waals surface area (Å²) in [5.74, 6) is -0.0668. The van der Waals surface area contributed by atoms with Gasteiger partial charge in [-0.25, -0.2) is 4.39 Å². The summed E-state index contributed by atoms with van der Waals surface area (Å²) in [5.41, 5.74) is 0.369. The summed E-state index contributed by atoms with van der Waals surface area (Å²) in [6, 6.07) is 8.74. The summed E-state index contributed by atoms with van der Waals surface area (Å²) in [7, 11) is 0. The Morgan fingerprint density at radius 2 is 1.95 bits per heavy atom. The van der Waals surface area contributed by atoms with E-state index in [0.717, 1.165) is 6.07 Å². The first-order chi connectivity index (χ1) is 9.63. The van der Waals surface area contributed by atoms with E-state index in [2.05, 4.69) is 5.32 Å². The van der Waals surface area contributed by atoms with Gasteiger partial charge in [-0.05, 0) is 30.3 Å². The van der Waals surface area contributed by atoms with Crippen molar-refractivity contribution in [2.75, 3.05) is 12.1 Å². The van der Waals surface area contributed by atoms with Crippen LogP contribution in [-0.2, 0) is 0 Å². The number of hydrogen-bond donors (Lipinski definition) is 1. The molecule has 1 aliphatic heterocycles. The molecule has 0 saturated heterocycles. The SMILES string of the molecule is O=C(Nc1ccc2c(c1)OCO2)c1cc(Cl)ccc1F. The van der Waals surface area contributed by atoms with Gasteiger partial charge >= 0.3 is 0 Å². The van der Waals surface area contributed by atoms with E-state index in [-0.39, 0.29) is 12.4 Å². The van der Waals surface area contributed by atoms with Gasteiger partial charge in [-0.1, -0.05) is 11.6 Å². The molecule has 3 rings (SSSR count). The average molecular weight is 294 g/mol. The number of benzene rings is 2. The van der Waals surface area contributed by atoms with E-state index in [1.165, 1.54) is 12.1 Å². The Hall–Kier alpha value is -2.27. The van der Waals surface area contributed by atoms with E-state index in [1.807, 2.05) is 0 Å². The lowest BCUT2D eigenvalue weighted by Crippen LogP contribution is -2.13. The van der Waals surface area contributed by atoms with Gasteiger partial charge in [-0.15, -0.1) is 0 Å². The van der Waals surface area contributed by atoms with Crippen molar-refractivity contribution in [2.45, 2.75) is 0 Å². The molecule has 1 aliphatic rings. The molecule has 0 unspecified atom stereocenters. The fourth-order valence-corrected chi connectivity index (χ4v) is 2.02. The first kappa shape index (κ1) is 12.7.